The SMILES string of the molecule is COc1cc(OC)c2nc(NC(=S)NC(C)=O)sc2c1. The van der Waals surface area contributed by atoms with E-state index in [1.165, 1.54) is 18.3 Å². The normalized spacial score (nSPS) is 10.2. The molecule has 0 fully saturated rings. The molecule has 2 N–H and O–H groups in total. The summed E-state index contributed by atoms with van der Waals surface area (Å²) in [7, 11) is 3.16. The number of hydrogen-bond donors (Lipinski definition) is 2. The Labute approximate surface area is 125 Å². The van der Waals surface area contributed by atoms with E-state index in [1.54, 1.807) is 20.3 Å². The molecule has 0 unspecified atom stereocenters. The Kier molecular flexibility index (Phi) is 4.35. The van der Waals surface area contributed by atoms with Gasteiger partial charge in [-0.05, 0) is 18.3 Å². The van der Waals surface area contributed by atoms with Crippen LogP contribution in [0.25, 0.3) is 10.2 Å². The van der Waals surface area contributed by atoms with Crippen LogP contribution < -0.4 is 20.1 Å². The molecule has 1 amide bonds. The maximum absolute atomic E-state index is 10.9. The number of fused-ring (bicyclic) bond motifs is 1. The average molecular weight is 311 g/mol. The Balaban J connectivity index is 2.33. The van der Waals surface area contributed by atoms with Crippen LogP contribution in [0.2, 0.25) is 0 Å². The average Bonchev–Trinajstić information content (AvgIpc) is 2.78. The van der Waals surface area contributed by atoms with Crippen molar-refractivity contribution in [2.24, 2.45) is 0 Å². The second-order valence-corrected chi connectivity index (χ2v) is 5.27. The molecule has 20 heavy (non-hydrogen) atoms. The number of thiazole rings is 1. The first-order valence-electron chi connectivity index (χ1n) is 5.64. The maximum Gasteiger partial charge on any atom is 0.222 e. The highest BCUT2D eigenvalue weighted by Gasteiger charge is 2.12. The molecule has 0 atom stereocenters. The van der Waals surface area contributed by atoms with Gasteiger partial charge in [-0.3, -0.25) is 4.79 Å². The van der Waals surface area contributed by atoms with Crippen molar-refractivity contribution < 1.29 is 14.3 Å². The molecule has 106 valence electrons. The zero-order valence-corrected chi connectivity index (χ0v) is 12.8. The van der Waals surface area contributed by atoms with Gasteiger partial charge in [-0.15, -0.1) is 0 Å². The van der Waals surface area contributed by atoms with Gasteiger partial charge in [-0.2, -0.15) is 0 Å². The number of methoxy groups -OCH3 is 2. The van der Waals surface area contributed by atoms with Crippen LogP contribution in [-0.2, 0) is 4.79 Å². The van der Waals surface area contributed by atoms with Crippen molar-refractivity contribution in [3.05, 3.63) is 12.1 Å². The summed E-state index contributed by atoms with van der Waals surface area (Å²) in [6.07, 6.45) is 0. The summed E-state index contributed by atoms with van der Waals surface area (Å²) in [5, 5.41) is 6.13. The Morgan fingerprint density at radius 2 is 2.10 bits per heavy atom. The number of carbonyl (C=O) groups excluding carboxylic acids is 1. The van der Waals surface area contributed by atoms with E-state index in [1.807, 2.05) is 6.07 Å². The lowest BCUT2D eigenvalue weighted by Crippen LogP contribution is -2.32. The zero-order valence-electron chi connectivity index (χ0n) is 11.1. The monoisotopic (exact) mass is 311 g/mol. The van der Waals surface area contributed by atoms with Gasteiger partial charge in [0.2, 0.25) is 5.91 Å². The van der Waals surface area contributed by atoms with Crippen molar-refractivity contribution >= 4 is 49.9 Å². The van der Waals surface area contributed by atoms with Crippen LogP contribution in [-0.4, -0.2) is 30.2 Å². The molecular formula is C12H13N3O3S2. The Hall–Kier alpha value is -1.93. The van der Waals surface area contributed by atoms with Crippen LogP contribution in [0.1, 0.15) is 6.92 Å². The standard InChI is InChI=1S/C12H13N3O3S2/c1-6(16)13-11(19)15-12-14-10-8(18-3)4-7(17-2)5-9(10)20-12/h4-5H,1-3H3,(H2,13,14,15,16,19). The number of nitrogens with one attached hydrogen (secondary N) is 2. The molecule has 0 aliphatic rings. The van der Waals surface area contributed by atoms with Crippen LogP contribution in [0.3, 0.4) is 0 Å². The highest BCUT2D eigenvalue weighted by atomic mass is 32.1. The lowest BCUT2D eigenvalue weighted by Gasteiger charge is -2.04. The summed E-state index contributed by atoms with van der Waals surface area (Å²) in [6.45, 7) is 1.39. The summed E-state index contributed by atoms with van der Waals surface area (Å²) >= 11 is 6.39. The van der Waals surface area contributed by atoms with Crippen LogP contribution in [0.4, 0.5) is 5.13 Å². The van der Waals surface area contributed by atoms with Gasteiger partial charge >= 0.3 is 0 Å². The summed E-state index contributed by atoms with van der Waals surface area (Å²) in [6, 6.07) is 3.63. The third-order valence-corrected chi connectivity index (χ3v) is 3.52. The van der Waals surface area contributed by atoms with Gasteiger partial charge in [0, 0.05) is 13.0 Å². The van der Waals surface area contributed by atoms with Gasteiger partial charge < -0.3 is 20.1 Å². The molecule has 6 nitrogen and oxygen atoms in total. The van der Waals surface area contributed by atoms with E-state index in [9.17, 15) is 4.79 Å². The number of amides is 1. The minimum absolute atomic E-state index is 0.211. The number of carbonyl (C=O) groups is 1. The fourth-order valence-corrected chi connectivity index (χ4v) is 2.81. The molecule has 1 aromatic carbocycles. The number of rotatable bonds is 3. The highest BCUT2D eigenvalue weighted by Crippen LogP contribution is 2.36. The number of hydrogen-bond acceptors (Lipinski definition) is 6. The smallest absolute Gasteiger partial charge is 0.222 e. The van der Waals surface area contributed by atoms with Crippen molar-refractivity contribution in [1.29, 1.82) is 0 Å². The second kappa shape index (κ2) is 6.02. The molecule has 0 spiro atoms. The van der Waals surface area contributed by atoms with E-state index in [0.29, 0.717) is 22.1 Å². The first-order valence-corrected chi connectivity index (χ1v) is 6.87. The molecule has 2 rings (SSSR count). The minimum Gasteiger partial charge on any atom is -0.497 e. The van der Waals surface area contributed by atoms with Crippen LogP contribution >= 0.6 is 23.6 Å². The zero-order chi connectivity index (χ0) is 14.7. The molecule has 1 heterocycles. The Morgan fingerprint density at radius 1 is 1.35 bits per heavy atom. The fraction of sp³-hybridized carbons (Fsp3) is 0.250. The largest absolute Gasteiger partial charge is 0.497 e. The van der Waals surface area contributed by atoms with E-state index in [0.717, 1.165) is 4.70 Å². The highest BCUT2D eigenvalue weighted by molar-refractivity contribution is 7.80. The Bertz CT molecular complexity index is 669. The Morgan fingerprint density at radius 3 is 2.70 bits per heavy atom. The van der Waals surface area contributed by atoms with E-state index in [-0.39, 0.29) is 11.0 Å². The van der Waals surface area contributed by atoms with Gasteiger partial charge in [0.05, 0.1) is 18.9 Å². The van der Waals surface area contributed by atoms with Crippen LogP contribution in [0.15, 0.2) is 12.1 Å². The first kappa shape index (κ1) is 14.5. The van der Waals surface area contributed by atoms with Gasteiger partial charge in [-0.1, -0.05) is 11.3 Å². The first-order chi connectivity index (χ1) is 9.53. The summed E-state index contributed by atoms with van der Waals surface area (Å²) in [5.41, 5.74) is 0.714. The van der Waals surface area contributed by atoms with Crippen molar-refractivity contribution in [1.82, 2.24) is 10.3 Å². The van der Waals surface area contributed by atoms with E-state index in [4.69, 9.17) is 21.7 Å². The molecule has 1 aromatic heterocycles. The van der Waals surface area contributed by atoms with Gasteiger partial charge in [0.1, 0.15) is 17.0 Å². The summed E-state index contributed by atoms with van der Waals surface area (Å²) < 4.78 is 11.4. The third-order valence-electron chi connectivity index (χ3n) is 2.40. The number of aromatic nitrogens is 1. The van der Waals surface area contributed by atoms with Crippen molar-refractivity contribution in [2.45, 2.75) is 6.92 Å². The number of thiocarbonyl (C=S) groups is 1. The maximum atomic E-state index is 10.9. The molecule has 0 radical (unpaired) electrons. The predicted octanol–water partition coefficient (Wildman–Crippen LogP) is 2.15. The predicted molar refractivity (Wildman–Crippen MR) is 82.8 cm³/mol. The summed E-state index contributed by atoms with van der Waals surface area (Å²) in [5.74, 6) is 1.07. The molecule has 8 heteroatoms. The van der Waals surface area contributed by atoms with Crippen LogP contribution in [0.5, 0.6) is 11.5 Å². The van der Waals surface area contributed by atoms with Crippen LogP contribution in [0, 0.1) is 0 Å². The molecule has 0 bridgehead atoms. The molecular weight excluding hydrogens is 298 g/mol. The van der Waals surface area contributed by atoms with E-state index >= 15 is 0 Å². The molecule has 0 saturated carbocycles. The second-order valence-electron chi connectivity index (χ2n) is 3.83. The molecule has 2 aromatic rings. The fourth-order valence-electron chi connectivity index (χ4n) is 1.59. The van der Waals surface area contributed by atoms with Gasteiger partial charge in [-0.25, -0.2) is 4.98 Å². The number of benzene rings is 1. The lowest BCUT2D eigenvalue weighted by molar-refractivity contribution is -0.117. The quantitative estimate of drug-likeness (QED) is 0.846. The number of nitrogens with zero attached hydrogens (tertiary/aromatic N) is 1. The molecule has 0 saturated heterocycles. The number of anilines is 1. The minimum atomic E-state index is -0.233. The number of ether oxygens (including phenoxy) is 2. The molecule has 0 aliphatic carbocycles. The third kappa shape index (κ3) is 3.14. The van der Waals surface area contributed by atoms with E-state index in [2.05, 4.69) is 15.6 Å². The lowest BCUT2D eigenvalue weighted by atomic mass is 10.3. The van der Waals surface area contributed by atoms with Gasteiger partial charge in [0.25, 0.3) is 0 Å². The van der Waals surface area contributed by atoms with Crippen molar-refractivity contribution in [3.8, 4) is 11.5 Å². The molecule has 0 aliphatic heterocycles. The van der Waals surface area contributed by atoms with E-state index < -0.39 is 0 Å². The van der Waals surface area contributed by atoms with Crippen molar-refractivity contribution in [2.75, 3.05) is 19.5 Å². The van der Waals surface area contributed by atoms with Crippen molar-refractivity contribution in [3.63, 3.8) is 0 Å². The summed E-state index contributed by atoms with van der Waals surface area (Å²) in [4.78, 5) is 15.3. The topological polar surface area (TPSA) is 72.5 Å². The van der Waals surface area contributed by atoms with Gasteiger partial charge in [0.15, 0.2) is 10.2 Å².